The van der Waals surface area contributed by atoms with Crippen molar-refractivity contribution in [2.45, 2.75) is 6.18 Å². The number of ether oxygens (including phenoxy) is 1. The number of hydrogen-bond donors (Lipinski definition) is 2. The summed E-state index contributed by atoms with van der Waals surface area (Å²) in [5.41, 5.74) is 0.576. The molecule has 1 heterocycles. The zero-order valence-corrected chi connectivity index (χ0v) is 14.7. The fourth-order valence-corrected chi connectivity index (χ4v) is 2.43. The van der Waals surface area contributed by atoms with Crippen molar-refractivity contribution in [3.63, 3.8) is 0 Å². The molecule has 0 unspecified atom stereocenters. The largest absolute Gasteiger partial charge is 0.495 e. The number of hydrogen-bond acceptors (Lipinski definition) is 4. The molecule has 0 aliphatic rings. The Kier molecular flexibility index (Phi) is 5.49. The van der Waals surface area contributed by atoms with Crippen LogP contribution in [0.1, 0.15) is 15.9 Å². The second-order valence-corrected chi connectivity index (χ2v) is 5.79. The van der Waals surface area contributed by atoms with Crippen molar-refractivity contribution in [3.05, 3.63) is 78.0 Å². The molecule has 28 heavy (non-hydrogen) atoms. The van der Waals surface area contributed by atoms with E-state index in [1.807, 2.05) is 0 Å². The molecule has 0 atom stereocenters. The van der Waals surface area contributed by atoms with E-state index in [1.54, 1.807) is 36.4 Å². The Morgan fingerprint density at radius 1 is 1.00 bits per heavy atom. The average molecular weight is 387 g/mol. The summed E-state index contributed by atoms with van der Waals surface area (Å²) in [6, 6.07) is 14.7. The minimum atomic E-state index is -4.38. The lowest BCUT2D eigenvalue weighted by Gasteiger charge is -2.11. The number of methoxy groups -OCH3 is 1. The molecule has 5 nitrogen and oxygen atoms in total. The molecule has 0 aliphatic carbocycles. The molecule has 2 aromatic carbocycles. The van der Waals surface area contributed by atoms with E-state index in [2.05, 4.69) is 15.6 Å². The lowest BCUT2D eigenvalue weighted by atomic mass is 10.2. The molecular formula is C20H16F3N3O2. The summed E-state index contributed by atoms with van der Waals surface area (Å²) in [7, 11) is 1.51. The average Bonchev–Trinajstić information content (AvgIpc) is 2.68. The van der Waals surface area contributed by atoms with Crippen LogP contribution < -0.4 is 15.4 Å². The molecule has 0 bridgehead atoms. The highest BCUT2D eigenvalue weighted by molar-refractivity contribution is 6.04. The topological polar surface area (TPSA) is 63.2 Å². The molecule has 1 aromatic heterocycles. The number of carbonyl (C=O) groups excluding carboxylic acids is 1. The lowest BCUT2D eigenvalue weighted by molar-refractivity contribution is -0.137. The number of anilines is 3. The zero-order valence-electron chi connectivity index (χ0n) is 14.7. The number of aromatic nitrogens is 1. The Hall–Kier alpha value is -3.55. The molecule has 0 fully saturated rings. The maximum atomic E-state index is 12.6. The second kappa shape index (κ2) is 7.99. The van der Waals surface area contributed by atoms with Gasteiger partial charge in [-0.05, 0) is 48.5 Å². The first-order valence-corrected chi connectivity index (χ1v) is 8.21. The molecule has 2 N–H and O–H groups in total. The predicted molar refractivity (Wildman–Crippen MR) is 99.9 cm³/mol. The van der Waals surface area contributed by atoms with Crippen LogP contribution in [0.25, 0.3) is 0 Å². The van der Waals surface area contributed by atoms with Crippen LogP contribution in [-0.2, 0) is 6.18 Å². The fraction of sp³-hybridized carbons (Fsp3) is 0.100. The molecule has 3 aromatic rings. The van der Waals surface area contributed by atoms with Crippen LogP contribution in [0.2, 0.25) is 0 Å². The molecule has 0 saturated carbocycles. The van der Waals surface area contributed by atoms with E-state index in [4.69, 9.17) is 4.74 Å². The van der Waals surface area contributed by atoms with Gasteiger partial charge in [0, 0.05) is 11.9 Å². The van der Waals surface area contributed by atoms with E-state index >= 15 is 0 Å². The summed E-state index contributed by atoms with van der Waals surface area (Å²) in [6.45, 7) is 0. The molecule has 0 saturated heterocycles. The minimum Gasteiger partial charge on any atom is -0.495 e. The van der Waals surface area contributed by atoms with Gasteiger partial charge in [-0.3, -0.25) is 4.79 Å². The molecule has 1 amide bonds. The van der Waals surface area contributed by atoms with Crippen LogP contribution in [0.3, 0.4) is 0 Å². The van der Waals surface area contributed by atoms with Crippen molar-refractivity contribution in [2.24, 2.45) is 0 Å². The van der Waals surface area contributed by atoms with Crippen molar-refractivity contribution in [2.75, 3.05) is 17.7 Å². The maximum Gasteiger partial charge on any atom is 0.416 e. The van der Waals surface area contributed by atoms with Gasteiger partial charge in [-0.15, -0.1) is 0 Å². The van der Waals surface area contributed by atoms with Crippen molar-refractivity contribution in [1.29, 1.82) is 0 Å². The Bertz CT molecular complexity index is 956. The number of halogens is 3. The zero-order chi connectivity index (χ0) is 20.1. The highest BCUT2D eigenvalue weighted by Gasteiger charge is 2.29. The number of para-hydroxylation sites is 2. The summed E-state index contributed by atoms with van der Waals surface area (Å²) in [6.07, 6.45) is -3.01. The maximum absolute atomic E-state index is 12.6. The molecule has 0 aliphatic heterocycles. The quantitative estimate of drug-likeness (QED) is 0.639. The van der Waals surface area contributed by atoms with Crippen LogP contribution in [0.4, 0.5) is 30.4 Å². The number of nitrogens with one attached hydrogen (secondary N) is 2. The van der Waals surface area contributed by atoms with E-state index in [1.165, 1.54) is 25.4 Å². The monoisotopic (exact) mass is 387 g/mol. The highest BCUT2D eigenvalue weighted by Crippen LogP contribution is 2.30. The normalized spacial score (nSPS) is 11.0. The van der Waals surface area contributed by atoms with Crippen molar-refractivity contribution >= 4 is 23.1 Å². The van der Waals surface area contributed by atoms with E-state index in [0.29, 0.717) is 28.5 Å². The second-order valence-electron chi connectivity index (χ2n) is 5.79. The van der Waals surface area contributed by atoms with Crippen LogP contribution in [0, 0.1) is 0 Å². The number of nitrogens with zero attached hydrogens (tertiary/aromatic N) is 1. The summed E-state index contributed by atoms with van der Waals surface area (Å²) < 4.78 is 43.0. The van der Waals surface area contributed by atoms with Crippen LogP contribution >= 0.6 is 0 Å². The molecule has 8 heteroatoms. The predicted octanol–water partition coefficient (Wildman–Crippen LogP) is 5.10. The standard InChI is InChI=1S/C20H16F3N3O2/c1-28-17-5-3-2-4-16(17)26-19(27)13-6-11-18(24-12-13)25-15-9-7-14(8-10-15)20(21,22)23/h2-12H,1H3,(H,24,25)(H,26,27). The summed E-state index contributed by atoms with van der Waals surface area (Å²) in [5, 5.41) is 5.62. The minimum absolute atomic E-state index is 0.323. The van der Waals surface area contributed by atoms with E-state index in [0.717, 1.165) is 12.1 Å². The van der Waals surface area contributed by atoms with Crippen molar-refractivity contribution in [1.82, 2.24) is 4.98 Å². The number of carbonyl (C=O) groups is 1. The Morgan fingerprint density at radius 2 is 1.71 bits per heavy atom. The van der Waals surface area contributed by atoms with Crippen molar-refractivity contribution in [3.8, 4) is 5.75 Å². The van der Waals surface area contributed by atoms with E-state index in [-0.39, 0.29) is 5.91 Å². The third-order valence-corrected chi connectivity index (χ3v) is 3.87. The summed E-state index contributed by atoms with van der Waals surface area (Å²) >= 11 is 0. The van der Waals surface area contributed by atoms with Gasteiger partial charge in [-0.1, -0.05) is 12.1 Å². The summed E-state index contributed by atoms with van der Waals surface area (Å²) in [4.78, 5) is 16.5. The molecule has 0 spiro atoms. The Labute approximate surface area is 159 Å². The lowest BCUT2D eigenvalue weighted by Crippen LogP contribution is -2.13. The SMILES string of the molecule is COc1ccccc1NC(=O)c1ccc(Nc2ccc(C(F)(F)F)cc2)nc1. The van der Waals surface area contributed by atoms with Gasteiger partial charge in [-0.25, -0.2) is 4.98 Å². The van der Waals surface area contributed by atoms with Gasteiger partial charge in [0.25, 0.3) is 5.91 Å². The van der Waals surface area contributed by atoms with Crippen LogP contribution in [0.5, 0.6) is 5.75 Å². The van der Waals surface area contributed by atoms with Gasteiger partial charge in [0.05, 0.1) is 23.9 Å². The van der Waals surface area contributed by atoms with Crippen molar-refractivity contribution < 1.29 is 22.7 Å². The Balaban J connectivity index is 1.67. The van der Waals surface area contributed by atoms with Gasteiger partial charge >= 0.3 is 6.18 Å². The number of benzene rings is 2. The summed E-state index contributed by atoms with van der Waals surface area (Å²) in [5.74, 6) is 0.566. The van der Waals surface area contributed by atoms with Crippen LogP contribution in [0.15, 0.2) is 66.9 Å². The van der Waals surface area contributed by atoms with E-state index in [9.17, 15) is 18.0 Å². The molecular weight excluding hydrogens is 371 g/mol. The number of alkyl halides is 3. The van der Waals surface area contributed by atoms with Gasteiger partial charge in [-0.2, -0.15) is 13.2 Å². The smallest absolute Gasteiger partial charge is 0.416 e. The first-order chi connectivity index (χ1) is 13.4. The number of rotatable bonds is 5. The number of pyridine rings is 1. The van der Waals surface area contributed by atoms with Gasteiger partial charge in [0.15, 0.2) is 0 Å². The highest BCUT2D eigenvalue weighted by atomic mass is 19.4. The Morgan fingerprint density at radius 3 is 2.32 bits per heavy atom. The fourth-order valence-electron chi connectivity index (χ4n) is 2.43. The third kappa shape index (κ3) is 4.59. The van der Waals surface area contributed by atoms with E-state index < -0.39 is 11.7 Å². The van der Waals surface area contributed by atoms with Gasteiger partial charge < -0.3 is 15.4 Å². The molecule has 144 valence electrons. The van der Waals surface area contributed by atoms with Gasteiger partial charge in [0.1, 0.15) is 11.6 Å². The third-order valence-electron chi connectivity index (χ3n) is 3.87. The molecule has 0 radical (unpaired) electrons. The van der Waals surface area contributed by atoms with Crippen LogP contribution in [-0.4, -0.2) is 18.0 Å². The first-order valence-electron chi connectivity index (χ1n) is 8.21. The first kappa shape index (κ1) is 19.2. The molecule has 3 rings (SSSR count). The van der Waals surface area contributed by atoms with Gasteiger partial charge in [0.2, 0.25) is 0 Å². The number of amides is 1.